The van der Waals surface area contributed by atoms with Crippen molar-refractivity contribution in [3.63, 3.8) is 0 Å². The maximum atomic E-state index is 5.67. The highest BCUT2D eigenvalue weighted by molar-refractivity contribution is 5.40. The average Bonchev–Trinajstić information content (AvgIpc) is 3.34. The first-order chi connectivity index (χ1) is 13.7. The number of ether oxygens (including phenoxy) is 1. The first-order valence-electron chi connectivity index (χ1n) is 10.4. The fourth-order valence-corrected chi connectivity index (χ4v) is 5.03. The lowest BCUT2D eigenvalue weighted by Gasteiger charge is -2.33. The minimum Gasteiger partial charge on any atom is -0.375 e. The molecular weight excluding hydrogens is 354 g/mol. The van der Waals surface area contributed by atoms with E-state index in [9.17, 15) is 0 Å². The van der Waals surface area contributed by atoms with Crippen LogP contribution < -0.4 is 15.8 Å². The van der Waals surface area contributed by atoms with Gasteiger partial charge in [0.2, 0.25) is 0 Å². The topological polar surface area (TPSA) is 80.1 Å². The van der Waals surface area contributed by atoms with Crippen LogP contribution in [0.3, 0.4) is 0 Å². The van der Waals surface area contributed by atoms with E-state index in [4.69, 9.17) is 4.74 Å². The van der Waals surface area contributed by atoms with Crippen molar-refractivity contribution in [2.45, 2.75) is 50.3 Å². The molecule has 2 aromatic heterocycles. The summed E-state index contributed by atoms with van der Waals surface area (Å²) in [7, 11) is 1.99. The van der Waals surface area contributed by atoms with E-state index in [0.29, 0.717) is 17.9 Å². The second kappa shape index (κ2) is 7.42. The third-order valence-electron chi connectivity index (χ3n) is 6.51. The molecule has 8 nitrogen and oxygen atoms in total. The lowest BCUT2D eigenvalue weighted by molar-refractivity contribution is 0.0529. The molecule has 5 atom stereocenters. The van der Waals surface area contributed by atoms with Crippen molar-refractivity contribution in [2.75, 3.05) is 24.6 Å². The lowest BCUT2D eigenvalue weighted by atomic mass is 9.73. The van der Waals surface area contributed by atoms with Crippen molar-refractivity contribution < 1.29 is 4.74 Å². The van der Waals surface area contributed by atoms with Gasteiger partial charge in [-0.3, -0.25) is 10.1 Å². The number of morpholine rings is 1. The number of hydrogen-bond donors (Lipinski definition) is 2. The molecule has 0 bridgehead atoms. The van der Waals surface area contributed by atoms with Gasteiger partial charge < -0.3 is 9.64 Å². The van der Waals surface area contributed by atoms with E-state index in [2.05, 4.69) is 50.0 Å². The van der Waals surface area contributed by atoms with Crippen molar-refractivity contribution >= 4 is 5.82 Å². The van der Waals surface area contributed by atoms with Gasteiger partial charge in [0.25, 0.3) is 0 Å². The van der Waals surface area contributed by atoms with Crippen LogP contribution in [0.25, 0.3) is 0 Å². The third-order valence-corrected chi connectivity index (χ3v) is 6.51. The average molecular weight is 384 g/mol. The molecule has 0 spiro atoms. The zero-order valence-corrected chi connectivity index (χ0v) is 16.6. The molecule has 0 amide bonds. The van der Waals surface area contributed by atoms with Crippen LogP contribution in [0.2, 0.25) is 0 Å². The molecule has 8 heteroatoms. The number of hydrazine groups is 1. The minimum atomic E-state index is 0.213. The maximum Gasteiger partial charge on any atom is 0.132 e. The van der Waals surface area contributed by atoms with E-state index in [1.807, 2.05) is 17.9 Å². The highest BCUT2D eigenvalue weighted by atomic mass is 16.5. The Balaban J connectivity index is 1.35. The standard InChI is InChI=1S/C20H29N7O/c1-13-10-27(5-6-28-13)19-8-18(21-12-22-19)20-16-7-14(3-4-17(16)24-25-20)15-9-23-26(2)11-15/h8-9,11-14,16-17,20,24-25H,3-7,10H2,1-2H3/t13-,14?,16?,17?,20?/m0/s1. The van der Waals surface area contributed by atoms with Gasteiger partial charge in [-0.1, -0.05) is 0 Å². The summed E-state index contributed by atoms with van der Waals surface area (Å²) in [5.74, 6) is 2.09. The molecule has 2 saturated heterocycles. The molecule has 3 fully saturated rings. The summed E-state index contributed by atoms with van der Waals surface area (Å²) < 4.78 is 7.58. The SMILES string of the molecule is C[C@H]1CN(c2cc(C3NNC4CCC(c5cnn(C)c5)CC43)ncn2)CCO1. The van der Waals surface area contributed by atoms with E-state index in [-0.39, 0.29) is 12.1 Å². The fraction of sp³-hybridized carbons (Fsp3) is 0.650. The van der Waals surface area contributed by atoms with Gasteiger partial charge >= 0.3 is 0 Å². The van der Waals surface area contributed by atoms with Crippen LogP contribution in [-0.4, -0.2) is 51.6 Å². The second-order valence-corrected chi connectivity index (χ2v) is 8.42. The Morgan fingerprint density at radius 2 is 2.14 bits per heavy atom. The summed E-state index contributed by atoms with van der Waals surface area (Å²) in [6.45, 7) is 4.62. The number of nitrogens with zero attached hydrogens (tertiary/aromatic N) is 5. The highest BCUT2D eigenvalue weighted by Crippen LogP contribution is 2.43. The molecule has 1 aliphatic carbocycles. The van der Waals surface area contributed by atoms with Gasteiger partial charge in [0.05, 0.1) is 30.6 Å². The summed E-state index contributed by atoms with van der Waals surface area (Å²) in [6, 6.07) is 2.87. The van der Waals surface area contributed by atoms with E-state index in [0.717, 1.165) is 37.6 Å². The molecule has 4 heterocycles. The number of aryl methyl sites for hydroxylation is 1. The minimum absolute atomic E-state index is 0.213. The molecule has 1 saturated carbocycles. The second-order valence-electron chi connectivity index (χ2n) is 8.42. The predicted octanol–water partition coefficient (Wildman–Crippen LogP) is 1.54. The van der Waals surface area contributed by atoms with Gasteiger partial charge in [0.1, 0.15) is 12.1 Å². The van der Waals surface area contributed by atoms with Crippen LogP contribution >= 0.6 is 0 Å². The molecule has 0 aromatic carbocycles. The van der Waals surface area contributed by atoms with Crippen molar-refractivity contribution in [3.8, 4) is 0 Å². The molecule has 2 aromatic rings. The Morgan fingerprint density at radius 3 is 2.96 bits per heavy atom. The number of anilines is 1. The smallest absolute Gasteiger partial charge is 0.132 e. The highest BCUT2D eigenvalue weighted by Gasteiger charge is 2.42. The van der Waals surface area contributed by atoms with Gasteiger partial charge in [0.15, 0.2) is 0 Å². The van der Waals surface area contributed by atoms with Crippen LogP contribution in [-0.2, 0) is 11.8 Å². The van der Waals surface area contributed by atoms with Crippen LogP contribution in [0.5, 0.6) is 0 Å². The number of fused-ring (bicyclic) bond motifs is 1. The zero-order valence-electron chi connectivity index (χ0n) is 16.6. The lowest BCUT2D eigenvalue weighted by Crippen LogP contribution is -2.41. The molecule has 28 heavy (non-hydrogen) atoms. The molecule has 2 N–H and O–H groups in total. The van der Waals surface area contributed by atoms with Gasteiger partial charge in [-0.25, -0.2) is 15.4 Å². The van der Waals surface area contributed by atoms with Gasteiger partial charge in [0, 0.05) is 38.4 Å². The third kappa shape index (κ3) is 3.40. The number of hydrogen-bond acceptors (Lipinski definition) is 7. The largest absolute Gasteiger partial charge is 0.375 e. The number of aromatic nitrogens is 4. The number of nitrogens with one attached hydrogen (secondary N) is 2. The van der Waals surface area contributed by atoms with Crippen LogP contribution in [0.4, 0.5) is 5.82 Å². The summed E-state index contributed by atoms with van der Waals surface area (Å²) in [5.41, 5.74) is 9.49. The number of rotatable bonds is 3. The monoisotopic (exact) mass is 383 g/mol. The Hall–Kier alpha value is -2.03. The van der Waals surface area contributed by atoms with Crippen molar-refractivity contribution in [1.82, 2.24) is 30.6 Å². The normalized spacial score (nSPS) is 33.1. The molecule has 3 aliphatic rings. The van der Waals surface area contributed by atoms with Crippen LogP contribution in [0.15, 0.2) is 24.8 Å². The Bertz CT molecular complexity index is 824. The Kier molecular flexibility index (Phi) is 4.78. The van der Waals surface area contributed by atoms with Crippen LogP contribution in [0.1, 0.15) is 49.4 Å². The summed E-state index contributed by atoms with van der Waals surface area (Å²) >= 11 is 0. The maximum absolute atomic E-state index is 5.67. The summed E-state index contributed by atoms with van der Waals surface area (Å²) in [5, 5.41) is 4.37. The Morgan fingerprint density at radius 1 is 1.21 bits per heavy atom. The Labute approximate surface area is 165 Å². The molecule has 0 radical (unpaired) electrons. The zero-order chi connectivity index (χ0) is 19.1. The predicted molar refractivity (Wildman–Crippen MR) is 106 cm³/mol. The van der Waals surface area contributed by atoms with E-state index in [1.165, 1.54) is 18.4 Å². The van der Waals surface area contributed by atoms with Crippen molar-refractivity contribution in [1.29, 1.82) is 0 Å². The van der Waals surface area contributed by atoms with Gasteiger partial charge in [-0.05, 0) is 43.6 Å². The molecule has 2 aliphatic heterocycles. The quantitative estimate of drug-likeness (QED) is 0.832. The fourth-order valence-electron chi connectivity index (χ4n) is 5.03. The summed E-state index contributed by atoms with van der Waals surface area (Å²) in [6.07, 6.45) is 9.66. The van der Waals surface area contributed by atoms with Gasteiger partial charge in [-0.2, -0.15) is 5.10 Å². The van der Waals surface area contributed by atoms with E-state index in [1.54, 1.807) is 6.33 Å². The first-order valence-corrected chi connectivity index (χ1v) is 10.4. The molecule has 4 unspecified atom stereocenters. The van der Waals surface area contributed by atoms with Gasteiger partial charge in [-0.15, -0.1) is 0 Å². The van der Waals surface area contributed by atoms with Crippen molar-refractivity contribution in [3.05, 3.63) is 36.0 Å². The summed E-state index contributed by atoms with van der Waals surface area (Å²) in [4.78, 5) is 11.5. The van der Waals surface area contributed by atoms with E-state index >= 15 is 0 Å². The molecule has 150 valence electrons. The first kappa shape index (κ1) is 18.0. The van der Waals surface area contributed by atoms with Crippen LogP contribution in [0, 0.1) is 5.92 Å². The van der Waals surface area contributed by atoms with Crippen molar-refractivity contribution in [2.24, 2.45) is 13.0 Å². The van der Waals surface area contributed by atoms with E-state index < -0.39 is 0 Å². The molecule has 5 rings (SSSR count). The molecular formula is C20H29N7O.